The molecule has 0 amide bonds. The Hall–Kier alpha value is -1.26. The van der Waals surface area contributed by atoms with Crippen LogP contribution in [-0.2, 0) is 16.8 Å². The van der Waals surface area contributed by atoms with E-state index in [9.17, 15) is 0 Å². The zero-order valence-corrected chi connectivity index (χ0v) is 15.7. The summed E-state index contributed by atoms with van der Waals surface area (Å²) in [5.74, 6) is 2.16. The van der Waals surface area contributed by atoms with Gasteiger partial charge in [-0.1, -0.05) is 26.0 Å². The van der Waals surface area contributed by atoms with Crippen LogP contribution >= 0.6 is 0 Å². The zero-order valence-electron chi connectivity index (χ0n) is 15.7. The molecule has 1 aromatic rings. The molecule has 1 aromatic heterocycles. The summed E-state index contributed by atoms with van der Waals surface area (Å²) in [7, 11) is 0. The van der Waals surface area contributed by atoms with Gasteiger partial charge in [0.15, 0.2) is 0 Å². The van der Waals surface area contributed by atoms with E-state index in [1.165, 1.54) is 37.1 Å². The summed E-state index contributed by atoms with van der Waals surface area (Å²) in [5.41, 5.74) is 2.34. The van der Waals surface area contributed by atoms with Crippen molar-refractivity contribution in [2.45, 2.75) is 63.9 Å². The number of piperidine rings is 1. The molecule has 0 bridgehead atoms. The minimum atomic E-state index is -0.164. The van der Waals surface area contributed by atoms with Crippen molar-refractivity contribution in [3.05, 3.63) is 35.4 Å². The fourth-order valence-electron chi connectivity index (χ4n) is 4.57. The van der Waals surface area contributed by atoms with Gasteiger partial charge in [0, 0.05) is 31.7 Å². The molecule has 136 valence electrons. The van der Waals surface area contributed by atoms with Gasteiger partial charge in [-0.25, -0.2) is 9.97 Å². The predicted octanol–water partition coefficient (Wildman–Crippen LogP) is 3.82. The molecule has 4 nitrogen and oxygen atoms in total. The first kappa shape index (κ1) is 17.2. The molecular formula is C21H31N3O. The van der Waals surface area contributed by atoms with Gasteiger partial charge < -0.3 is 9.64 Å². The Morgan fingerprint density at radius 1 is 1.28 bits per heavy atom. The molecule has 1 unspecified atom stereocenters. The van der Waals surface area contributed by atoms with Gasteiger partial charge in [-0.05, 0) is 50.0 Å². The highest BCUT2D eigenvalue weighted by molar-refractivity contribution is 5.28. The van der Waals surface area contributed by atoms with E-state index in [0.29, 0.717) is 5.92 Å². The van der Waals surface area contributed by atoms with E-state index in [1.807, 2.05) is 0 Å². The van der Waals surface area contributed by atoms with Crippen molar-refractivity contribution in [1.82, 2.24) is 14.9 Å². The third-order valence-electron chi connectivity index (χ3n) is 6.14. The van der Waals surface area contributed by atoms with Crippen molar-refractivity contribution in [2.24, 2.45) is 5.92 Å². The maximum atomic E-state index is 6.38. The summed E-state index contributed by atoms with van der Waals surface area (Å²) in [6.07, 6.45) is 13.7. The molecule has 0 N–H and O–H groups in total. The zero-order chi connectivity index (χ0) is 17.3. The van der Waals surface area contributed by atoms with Crippen LogP contribution in [0, 0.1) is 5.92 Å². The van der Waals surface area contributed by atoms with Crippen LogP contribution in [0.5, 0.6) is 0 Å². The molecule has 1 saturated heterocycles. The molecule has 4 heteroatoms. The predicted molar refractivity (Wildman–Crippen MR) is 99.6 cm³/mol. The van der Waals surface area contributed by atoms with Gasteiger partial charge in [0.1, 0.15) is 11.4 Å². The Morgan fingerprint density at radius 3 is 2.84 bits per heavy atom. The summed E-state index contributed by atoms with van der Waals surface area (Å²) >= 11 is 0. The maximum Gasteiger partial charge on any atom is 0.131 e. The van der Waals surface area contributed by atoms with Gasteiger partial charge in [0.25, 0.3) is 0 Å². The third kappa shape index (κ3) is 3.52. The van der Waals surface area contributed by atoms with E-state index in [2.05, 4.69) is 42.1 Å². The topological polar surface area (TPSA) is 38.2 Å². The molecule has 0 radical (unpaired) electrons. The standard InChI is InChI=1S/C21H31N3O/c1-16(2)20-22-14-18-8-13-25-21(19(18)23-20)9-11-24(12-10-21)15-17-6-4-3-5-7-17/h3-4,14,16-17H,5-13,15H2,1-2H3. The van der Waals surface area contributed by atoms with Crippen LogP contribution < -0.4 is 0 Å². The lowest BCUT2D eigenvalue weighted by Crippen LogP contribution is -2.48. The van der Waals surface area contributed by atoms with Crippen molar-refractivity contribution < 1.29 is 4.74 Å². The number of hydrogen-bond donors (Lipinski definition) is 0. The van der Waals surface area contributed by atoms with Crippen LogP contribution in [0.4, 0.5) is 0 Å². The Labute approximate surface area is 151 Å². The average Bonchev–Trinajstić information content (AvgIpc) is 2.65. The van der Waals surface area contributed by atoms with Crippen LogP contribution in [0.25, 0.3) is 0 Å². The van der Waals surface area contributed by atoms with Gasteiger partial charge in [-0.3, -0.25) is 0 Å². The van der Waals surface area contributed by atoms with E-state index in [0.717, 1.165) is 50.7 Å². The van der Waals surface area contributed by atoms with Gasteiger partial charge >= 0.3 is 0 Å². The molecule has 0 aromatic carbocycles. The number of ether oxygens (including phenoxy) is 1. The molecule has 1 aliphatic carbocycles. The largest absolute Gasteiger partial charge is 0.368 e. The highest BCUT2D eigenvalue weighted by Gasteiger charge is 2.42. The smallest absolute Gasteiger partial charge is 0.131 e. The summed E-state index contributed by atoms with van der Waals surface area (Å²) in [5, 5.41) is 0. The number of likely N-dealkylation sites (tertiary alicyclic amines) is 1. The summed E-state index contributed by atoms with van der Waals surface area (Å²) < 4.78 is 6.38. The van der Waals surface area contributed by atoms with Gasteiger partial charge in [-0.2, -0.15) is 0 Å². The van der Waals surface area contributed by atoms with Crippen LogP contribution in [0.2, 0.25) is 0 Å². The quantitative estimate of drug-likeness (QED) is 0.784. The second-order valence-electron chi connectivity index (χ2n) is 8.30. The molecule has 3 aliphatic rings. The number of nitrogens with zero attached hydrogens (tertiary/aromatic N) is 3. The Kier molecular flexibility index (Phi) is 4.92. The monoisotopic (exact) mass is 341 g/mol. The molecule has 2 aliphatic heterocycles. The lowest BCUT2D eigenvalue weighted by Gasteiger charge is -2.45. The first-order chi connectivity index (χ1) is 12.2. The van der Waals surface area contributed by atoms with E-state index >= 15 is 0 Å². The van der Waals surface area contributed by atoms with Gasteiger partial charge in [0.05, 0.1) is 12.3 Å². The highest BCUT2D eigenvalue weighted by atomic mass is 16.5. The molecule has 1 fully saturated rings. The Morgan fingerprint density at radius 2 is 2.12 bits per heavy atom. The SMILES string of the molecule is CC(C)c1ncc2c(n1)C1(CCN(CC3CC=CCC3)CC1)OCC2. The van der Waals surface area contributed by atoms with Crippen LogP contribution in [-0.4, -0.2) is 41.1 Å². The van der Waals surface area contributed by atoms with Crippen LogP contribution in [0.15, 0.2) is 18.3 Å². The first-order valence-corrected chi connectivity index (χ1v) is 10.0. The fraction of sp³-hybridized carbons (Fsp3) is 0.714. The van der Waals surface area contributed by atoms with E-state index < -0.39 is 0 Å². The minimum absolute atomic E-state index is 0.164. The summed E-state index contributed by atoms with van der Waals surface area (Å²) in [4.78, 5) is 12.2. The molecule has 4 rings (SSSR count). The van der Waals surface area contributed by atoms with Crippen LogP contribution in [0.3, 0.4) is 0 Å². The lowest BCUT2D eigenvalue weighted by atomic mass is 9.82. The number of hydrogen-bond acceptors (Lipinski definition) is 4. The Bertz CT molecular complexity index is 632. The van der Waals surface area contributed by atoms with Crippen molar-refractivity contribution in [3.63, 3.8) is 0 Å². The second kappa shape index (κ2) is 7.16. The first-order valence-electron chi connectivity index (χ1n) is 10.0. The third-order valence-corrected chi connectivity index (χ3v) is 6.14. The normalized spacial score (nSPS) is 26.1. The summed E-state index contributed by atoms with van der Waals surface area (Å²) in [6.45, 7) is 8.64. The minimum Gasteiger partial charge on any atom is -0.368 e. The molecule has 0 saturated carbocycles. The molecule has 1 spiro atoms. The molecule has 1 atom stereocenters. The fourth-order valence-corrected chi connectivity index (χ4v) is 4.57. The van der Waals surface area contributed by atoms with Crippen LogP contribution in [0.1, 0.15) is 69.0 Å². The number of allylic oxidation sites excluding steroid dienone is 2. The van der Waals surface area contributed by atoms with Gasteiger partial charge in [-0.15, -0.1) is 0 Å². The lowest BCUT2D eigenvalue weighted by molar-refractivity contribution is -0.103. The number of aromatic nitrogens is 2. The molecule has 25 heavy (non-hydrogen) atoms. The summed E-state index contributed by atoms with van der Waals surface area (Å²) in [6, 6.07) is 0. The Balaban J connectivity index is 1.47. The number of fused-ring (bicyclic) bond motifs is 2. The van der Waals surface area contributed by atoms with Crippen molar-refractivity contribution in [1.29, 1.82) is 0 Å². The number of rotatable bonds is 3. The highest BCUT2D eigenvalue weighted by Crippen LogP contribution is 2.41. The van der Waals surface area contributed by atoms with Gasteiger partial charge in [0.2, 0.25) is 0 Å². The van der Waals surface area contributed by atoms with E-state index in [4.69, 9.17) is 9.72 Å². The van der Waals surface area contributed by atoms with Crippen molar-refractivity contribution >= 4 is 0 Å². The molecular weight excluding hydrogens is 310 g/mol. The maximum absolute atomic E-state index is 6.38. The van der Waals surface area contributed by atoms with Crippen molar-refractivity contribution in [3.8, 4) is 0 Å². The second-order valence-corrected chi connectivity index (χ2v) is 8.30. The van der Waals surface area contributed by atoms with E-state index in [-0.39, 0.29) is 5.60 Å². The average molecular weight is 341 g/mol. The molecule has 3 heterocycles. The van der Waals surface area contributed by atoms with E-state index in [1.54, 1.807) is 0 Å². The van der Waals surface area contributed by atoms with Crippen molar-refractivity contribution in [2.75, 3.05) is 26.2 Å².